The minimum atomic E-state index is -1.03. The van der Waals surface area contributed by atoms with Crippen molar-refractivity contribution in [1.82, 2.24) is 0 Å². The molecule has 3 rings (SSSR count). The van der Waals surface area contributed by atoms with Crippen molar-refractivity contribution in [2.24, 2.45) is 29.1 Å². The van der Waals surface area contributed by atoms with Crippen molar-refractivity contribution in [3.05, 3.63) is 0 Å². The fourth-order valence-corrected chi connectivity index (χ4v) is 8.83. The molecule has 8 heteroatoms. The zero-order chi connectivity index (χ0) is 25.3. The van der Waals surface area contributed by atoms with Gasteiger partial charge in [-0.3, -0.25) is 13.8 Å². The Hall–Kier alpha value is -0.600. The summed E-state index contributed by atoms with van der Waals surface area (Å²) in [4.78, 5) is 25.0. The van der Waals surface area contributed by atoms with Gasteiger partial charge < -0.3 is 14.6 Å². The minimum absolute atomic E-state index is 0.0806. The molecule has 9 atom stereocenters. The first kappa shape index (κ1) is 28.0. The molecule has 0 aromatic heterocycles. The van der Waals surface area contributed by atoms with Gasteiger partial charge >= 0.3 is 11.9 Å². The zero-order valence-corrected chi connectivity index (χ0v) is 23.3. The van der Waals surface area contributed by atoms with Gasteiger partial charge in [-0.25, -0.2) is 0 Å². The first-order valence-electron chi connectivity index (χ1n) is 12.9. The summed E-state index contributed by atoms with van der Waals surface area (Å²) in [6, 6.07) is 0. The maximum Gasteiger partial charge on any atom is 0.311 e. The Morgan fingerprint density at radius 3 is 2.59 bits per heavy atom. The molecule has 0 bridgehead atoms. The second kappa shape index (κ2) is 11.2. The Kier molecular flexibility index (Phi) is 9.22. The van der Waals surface area contributed by atoms with Crippen LogP contribution in [0.5, 0.6) is 0 Å². The predicted octanol–water partition coefficient (Wildman–Crippen LogP) is 4.69. The highest BCUT2D eigenvalue weighted by molar-refractivity contribution is 8.11. The lowest BCUT2D eigenvalue weighted by atomic mass is 9.59. The van der Waals surface area contributed by atoms with Gasteiger partial charge in [-0.2, -0.15) is 0 Å². The largest absolute Gasteiger partial charge is 0.462 e. The van der Waals surface area contributed by atoms with Crippen LogP contribution in [0.2, 0.25) is 0 Å². The third kappa shape index (κ3) is 6.03. The highest BCUT2D eigenvalue weighted by Crippen LogP contribution is 2.55. The molecule has 3 aliphatic rings. The molecular weight excluding hydrogens is 472 g/mol. The summed E-state index contributed by atoms with van der Waals surface area (Å²) in [7, 11) is -1.03. The highest BCUT2D eigenvalue weighted by atomic mass is 32.2. The number of carbonyl (C=O) groups is 2. The van der Waals surface area contributed by atoms with Crippen molar-refractivity contribution >= 4 is 34.5 Å². The van der Waals surface area contributed by atoms with Crippen LogP contribution < -0.4 is 0 Å². The van der Waals surface area contributed by atoms with Crippen molar-refractivity contribution in [3.8, 4) is 0 Å². The molecule has 34 heavy (non-hydrogen) atoms. The van der Waals surface area contributed by atoms with Gasteiger partial charge in [0.1, 0.15) is 12.2 Å². The molecule has 0 aromatic rings. The first-order valence-corrected chi connectivity index (χ1v) is 15.7. The smallest absolute Gasteiger partial charge is 0.311 e. The number of hydrogen-bond acceptors (Lipinski definition) is 7. The summed E-state index contributed by atoms with van der Waals surface area (Å²) in [6.07, 6.45) is 9.21. The SMILES string of the molecule is CCC(C)(C)C(=O)O[C@H]1CC(SC)(S(C)=O)C[C@@H]2CC[C@H](C)[C@H](CC[C@H]3C[C@@H](O)CC(=O)O3)[C@H]21. The Balaban J connectivity index is 1.85. The van der Waals surface area contributed by atoms with E-state index in [0.717, 1.165) is 32.1 Å². The zero-order valence-electron chi connectivity index (χ0n) is 21.7. The fourth-order valence-electron chi connectivity index (χ4n) is 6.33. The molecule has 1 N–H and O–H groups in total. The van der Waals surface area contributed by atoms with Crippen LogP contribution in [0, 0.1) is 29.1 Å². The van der Waals surface area contributed by atoms with Crippen molar-refractivity contribution in [2.45, 2.75) is 108 Å². The Bertz CT molecular complexity index is 770. The number of esters is 2. The fraction of sp³-hybridized carbons (Fsp3) is 0.923. The summed E-state index contributed by atoms with van der Waals surface area (Å²) < 4.78 is 24.4. The molecule has 1 saturated heterocycles. The van der Waals surface area contributed by atoms with Crippen molar-refractivity contribution in [3.63, 3.8) is 0 Å². The maximum absolute atomic E-state index is 13.2. The number of rotatable bonds is 8. The average Bonchev–Trinajstić information content (AvgIpc) is 2.77. The monoisotopic (exact) mass is 516 g/mol. The molecule has 2 aliphatic carbocycles. The molecule has 2 saturated carbocycles. The van der Waals surface area contributed by atoms with Crippen LogP contribution in [-0.4, -0.2) is 56.2 Å². The number of ether oxygens (including phenoxy) is 2. The number of thioether (sulfide) groups is 1. The third-order valence-electron chi connectivity index (χ3n) is 8.93. The predicted molar refractivity (Wildman–Crippen MR) is 137 cm³/mol. The quantitative estimate of drug-likeness (QED) is 0.468. The van der Waals surface area contributed by atoms with Gasteiger partial charge in [0.25, 0.3) is 0 Å². The minimum Gasteiger partial charge on any atom is -0.462 e. The van der Waals surface area contributed by atoms with E-state index >= 15 is 0 Å². The Labute approximate surface area is 212 Å². The summed E-state index contributed by atoms with van der Waals surface area (Å²) in [5.41, 5.74) is -0.553. The molecule has 0 spiro atoms. The number of cyclic esters (lactones) is 1. The van der Waals surface area contributed by atoms with Crippen LogP contribution in [0.3, 0.4) is 0 Å². The van der Waals surface area contributed by atoms with Gasteiger partial charge in [0.05, 0.1) is 22.0 Å². The number of hydrogen-bond donors (Lipinski definition) is 1. The van der Waals surface area contributed by atoms with Crippen molar-refractivity contribution in [2.75, 3.05) is 12.5 Å². The normalized spacial score (nSPS) is 39.6. The van der Waals surface area contributed by atoms with Gasteiger partial charge in [-0.1, -0.05) is 20.3 Å². The summed E-state index contributed by atoms with van der Waals surface area (Å²) in [5.74, 6) is 0.893. The lowest BCUT2D eigenvalue weighted by Gasteiger charge is -2.53. The summed E-state index contributed by atoms with van der Waals surface area (Å²) in [5, 5.41) is 10.0. The Morgan fingerprint density at radius 1 is 1.29 bits per heavy atom. The van der Waals surface area contributed by atoms with Crippen LogP contribution in [0.1, 0.15) is 85.5 Å². The lowest BCUT2D eigenvalue weighted by Crippen LogP contribution is -2.54. The molecule has 1 heterocycles. The molecule has 196 valence electrons. The summed E-state index contributed by atoms with van der Waals surface area (Å²) >= 11 is 1.66. The second-order valence-corrected chi connectivity index (χ2v) is 14.6. The molecule has 0 aromatic carbocycles. The second-order valence-electron chi connectivity index (χ2n) is 11.5. The maximum atomic E-state index is 13.2. The number of aliphatic hydroxyl groups excluding tert-OH is 1. The Morgan fingerprint density at radius 2 is 2.00 bits per heavy atom. The van der Waals surface area contributed by atoms with E-state index in [1.165, 1.54) is 0 Å². The van der Waals surface area contributed by atoms with E-state index in [4.69, 9.17) is 9.47 Å². The van der Waals surface area contributed by atoms with Crippen LogP contribution in [0.25, 0.3) is 0 Å². The molecule has 0 amide bonds. The van der Waals surface area contributed by atoms with E-state index in [1.807, 2.05) is 27.0 Å². The van der Waals surface area contributed by atoms with Gasteiger partial charge in [0.15, 0.2) is 0 Å². The van der Waals surface area contributed by atoms with E-state index in [9.17, 15) is 18.9 Å². The average molecular weight is 517 g/mol. The van der Waals surface area contributed by atoms with Crippen molar-refractivity contribution in [1.29, 1.82) is 0 Å². The van der Waals surface area contributed by atoms with Gasteiger partial charge in [0.2, 0.25) is 0 Å². The van der Waals surface area contributed by atoms with Gasteiger partial charge in [0, 0.05) is 35.8 Å². The number of carbonyl (C=O) groups excluding carboxylic acids is 2. The third-order valence-corrected chi connectivity index (χ3v) is 12.6. The van der Waals surface area contributed by atoms with Gasteiger partial charge in [-0.05, 0) is 70.0 Å². The number of aliphatic hydroxyl groups is 1. The van der Waals surface area contributed by atoms with Crippen molar-refractivity contribution < 1.29 is 28.4 Å². The lowest BCUT2D eigenvalue weighted by molar-refractivity contribution is -0.172. The van der Waals surface area contributed by atoms with E-state index in [1.54, 1.807) is 18.0 Å². The molecule has 1 aliphatic heterocycles. The first-order chi connectivity index (χ1) is 15.9. The van der Waals surface area contributed by atoms with E-state index in [2.05, 4.69) is 6.92 Å². The van der Waals surface area contributed by atoms with Crippen LogP contribution in [0.4, 0.5) is 0 Å². The molecule has 2 unspecified atom stereocenters. The molecule has 3 fully saturated rings. The van der Waals surface area contributed by atoms with Crippen LogP contribution in [0.15, 0.2) is 0 Å². The van der Waals surface area contributed by atoms with Crippen LogP contribution in [-0.2, 0) is 29.9 Å². The van der Waals surface area contributed by atoms with E-state index in [-0.39, 0.29) is 36.5 Å². The van der Waals surface area contributed by atoms with E-state index < -0.39 is 26.4 Å². The summed E-state index contributed by atoms with van der Waals surface area (Å²) in [6.45, 7) is 8.15. The van der Waals surface area contributed by atoms with E-state index in [0.29, 0.717) is 37.0 Å². The topological polar surface area (TPSA) is 89.9 Å². The molecular formula is C26H44O6S2. The van der Waals surface area contributed by atoms with Gasteiger partial charge in [-0.15, -0.1) is 11.8 Å². The highest BCUT2D eigenvalue weighted by Gasteiger charge is 2.54. The standard InChI is InChI=1S/C26H44O6S2/c1-7-25(3,4)24(29)32-21-15-26(33-5,34(6)30)14-17-9-8-16(2)20(23(17)21)11-10-19-12-18(27)13-22(28)31-19/h16-21,23,27H,7-15H2,1-6H3/t16-,17-,18+,19-,20-,21-,23-,26?,34?/m0/s1. The molecule has 6 nitrogen and oxygen atoms in total. The van der Waals surface area contributed by atoms with Crippen LogP contribution >= 0.6 is 11.8 Å². The number of fused-ring (bicyclic) bond motifs is 1. The molecule has 0 radical (unpaired) electrons.